The zero-order chi connectivity index (χ0) is 12.7. The van der Waals surface area contributed by atoms with Gasteiger partial charge in [-0.25, -0.2) is 9.97 Å². The number of thioether (sulfide) groups is 1. The Balaban J connectivity index is 2.56. The van der Waals surface area contributed by atoms with Crippen molar-refractivity contribution >= 4 is 17.6 Å². The predicted octanol–water partition coefficient (Wildman–Crippen LogP) is 2.74. The molecule has 5 heteroatoms. The van der Waals surface area contributed by atoms with Crippen molar-refractivity contribution in [3.63, 3.8) is 0 Å². The Morgan fingerprint density at radius 2 is 2.24 bits per heavy atom. The van der Waals surface area contributed by atoms with Crippen LogP contribution in [0.5, 0.6) is 5.88 Å². The maximum Gasteiger partial charge on any atom is 0.221 e. The van der Waals surface area contributed by atoms with Gasteiger partial charge in [0.25, 0.3) is 0 Å². The number of aromatic nitrogens is 2. The van der Waals surface area contributed by atoms with E-state index in [-0.39, 0.29) is 0 Å². The normalized spacial score (nSPS) is 12.2. The van der Waals surface area contributed by atoms with Crippen LogP contribution in [-0.2, 0) is 0 Å². The van der Waals surface area contributed by atoms with E-state index in [9.17, 15) is 0 Å². The molecule has 1 aromatic rings. The molecule has 1 aromatic heterocycles. The summed E-state index contributed by atoms with van der Waals surface area (Å²) in [5.41, 5.74) is 0.978. The molecule has 0 spiro atoms. The average Bonchev–Trinajstić information content (AvgIpc) is 2.33. The smallest absolute Gasteiger partial charge is 0.221 e. The summed E-state index contributed by atoms with van der Waals surface area (Å²) in [5, 5.41) is 4.00. The summed E-state index contributed by atoms with van der Waals surface area (Å²) >= 11 is 1.88. The highest BCUT2D eigenvalue weighted by atomic mass is 32.2. The zero-order valence-corrected chi connectivity index (χ0v) is 11.8. The topological polar surface area (TPSA) is 47.0 Å². The predicted molar refractivity (Wildman–Crippen MR) is 74.0 cm³/mol. The molecule has 0 saturated heterocycles. The molecule has 0 amide bonds. The Labute approximate surface area is 108 Å². The van der Waals surface area contributed by atoms with Crippen LogP contribution in [0.1, 0.15) is 25.8 Å². The Kier molecular flexibility index (Phi) is 6.11. The summed E-state index contributed by atoms with van der Waals surface area (Å²) in [5.74, 6) is 1.54. The number of hydrogen-bond acceptors (Lipinski definition) is 5. The van der Waals surface area contributed by atoms with Crippen LogP contribution in [0.25, 0.3) is 0 Å². The van der Waals surface area contributed by atoms with E-state index in [4.69, 9.17) is 4.74 Å². The fourth-order valence-electron chi connectivity index (χ4n) is 1.41. The van der Waals surface area contributed by atoms with Crippen molar-refractivity contribution in [2.45, 2.75) is 32.4 Å². The molecular weight excluding hydrogens is 234 g/mol. The third-order valence-electron chi connectivity index (χ3n) is 2.56. The lowest BCUT2D eigenvalue weighted by molar-refractivity contribution is 0.324. The van der Waals surface area contributed by atoms with Crippen molar-refractivity contribution in [1.29, 1.82) is 0 Å². The highest BCUT2D eigenvalue weighted by molar-refractivity contribution is 7.99. The van der Waals surface area contributed by atoms with Crippen LogP contribution in [-0.4, -0.2) is 34.6 Å². The maximum absolute atomic E-state index is 5.43. The second kappa shape index (κ2) is 7.37. The number of anilines is 1. The molecule has 0 aliphatic heterocycles. The third kappa shape index (κ3) is 4.42. The molecule has 1 N–H and O–H groups in total. The second-order valence-electron chi connectivity index (χ2n) is 3.85. The van der Waals surface area contributed by atoms with Crippen LogP contribution in [0.15, 0.2) is 6.33 Å². The van der Waals surface area contributed by atoms with E-state index in [0.717, 1.165) is 24.3 Å². The zero-order valence-electron chi connectivity index (χ0n) is 11.0. The van der Waals surface area contributed by atoms with Gasteiger partial charge in [-0.2, -0.15) is 11.8 Å². The Hall–Kier alpha value is -0.970. The van der Waals surface area contributed by atoms with Crippen molar-refractivity contribution < 1.29 is 4.74 Å². The molecule has 4 nitrogen and oxygen atoms in total. The lowest BCUT2D eigenvalue weighted by Crippen LogP contribution is -2.10. The van der Waals surface area contributed by atoms with Gasteiger partial charge in [0.2, 0.25) is 5.88 Å². The Morgan fingerprint density at radius 3 is 2.88 bits per heavy atom. The van der Waals surface area contributed by atoms with Gasteiger partial charge in [0.05, 0.1) is 12.2 Å². The summed E-state index contributed by atoms with van der Waals surface area (Å²) < 4.78 is 5.43. The average molecular weight is 255 g/mol. The SMILES string of the molecule is CCOc1ncnc(NCCC(C)SC)c1C. The fraction of sp³-hybridized carbons (Fsp3) is 0.667. The van der Waals surface area contributed by atoms with Crippen molar-refractivity contribution in [1.82, 2.24) is 9.97 Å². The van der Waals surface area contributed by atoms with Crippen LogP contribution in [0.4, 0.5) is 5.82 Å². The molecule has 1 rings (SSSR count). The molecule has 1 heterocycles. The Bertz CT molecular complexity index is 347. The standard InChI is InChI=1S/C12H21N3OS/c1-5-16-12-10(3)11(14-8-15-12)13-7-6-9(2)17-4/h8-9H,5-7H2,1-4H3,(H,13,14,15). The van der Waals surface area contributed by atoms with Crippen LogP contribution < -0.4 is 10.1 Å². The van der Waals surface area contributed by atoms with Gasteiger partial charge in [-0.15, -0.1) is 0 Å². The fourth-order valence-corrected chi connectivity index (χ4v) is 1.76. The van der Waals surface area contributed by atoms with Crippen molar-refractivity contribution in [3.8, 4) is 5.88 Å². The maximum atomic E-state index is 5.43. The number of hydrogen-bond donors (Lipinski definition) is 1. The molecule has 0 aromatic carbocycles. The summed E-state index contributed by atoms with van der Waals surface area (Å²) in [6, 6.07) is 0. The molecule has 0 aliphatic rings. The molecule has 1 unspecified atom stereocenters. The molecule has 0 saturated carbocycles. The van der Waals surface area contributed by atoms with E-state index in [1.807, 2.05) is 25.6 Å². The number of rotatable bonds is 7. The van der Waals surface area contributed by atoms with Crippen LogP contribution in [0, 0.1) is 6.92 Å². The highest BCUT2D eigenvalue weighted by Gasteiger charge is 2.07. The van der Waals surface area contributed by atoms with E-state index in [0.29, 0.717) is 17.7 Å². The molecule has 17 heavy (non-hydrogen) atoms. The van der Waals surface area contributed by atoms with E-state index in [1.165, 1.54) is 0 Å². The van der Waals surface area contributed by atoms with Crippen LogP contribution in [0.2, 0.25) is 0 Å². The van der Waals surface area contributed by atoms with Gasteiger partial charge in [-0.05, 0) is 26.5 Å². The third-order valence-corrected chi connectivity index (χ3v) is 3.61. The minimum absolute atomic E-state index is 0.626. The van der Waals surface area contributed by atoms with Gasteiger partial charge in [0.1, 0.15) is 12.1 Å². The first-order valence-electron chi connectivity index (χ1n) is 5.90. The van der Waals surface area contributed by atoms with Crippen molar-refractivity contribution in [2.24, 2.45) is 0 Å². The highest BCUT2D eigenvalue weighted by Crippen LogP contribution is 2.20. The summed E-state index contributed by atoms with van der Waals surface area (Å²) in [6.07, 6.45) is 4.79. The molecule has 1 atom stereocenters. The van der Waals surface area contributed by atoms with E-state index < -0.39 is 0 Å². The molecule has 96 valence electrons. The van der Waals surface area contributed by atoms with Gasteiger partial charge in [0, 0.05) is 11.8 Å². The van der Waals surface area contributed by atoms with Crippen LogP contribution >= 0.6 is 11.8 Å². The molecular formula is C12H21N3OS. The van der Waals surface area contributed by atoms with E-state index in [2.05, 4.69) is 28.5 Å². The molecule has 0 fully saturated rings. The second-order valence-corrected chi connectivity index (χ2v) is 5.12. The first-order valence-corrected chi connectivity index (χ1v) is 7.18. The van der Waals surface area contributed by atoms with Gasteiger partial charge in [0.15, 0.2) is 0 Å². The number of nitrogens with zero attached hydrogens (tertiary/aromatic N) is 2. The van der Waals surface area contributed by atoms with Gasteiger partial charge >= 0.3 is 0 Å². The molecule has 0 aliphatic carbocycles. The van der Waals surface area contributed by atoms with Gasteiger partial charge in [-0.1, -0.05) is 6.92 Å². The van der Waals surface area contributed by atoms with Crippen molar-refractivity contribution in [2.75, 3.05) is 24.7 Å². The Morgan fingerprint density at radius 1 is 1.47 bits per heavy atom. The first kappa shape index (κ1) is 14.1. The summed E-state index contributed by atoms with van der Waals surface area (Å²) in [4.78, 5) is 8.35. The largest absolute Gasteiger partial charge is 0.478 e. The van der Waals surface area contributed by atoms with Gasteiger partial charge in [-0.3, -0.25) is 0 Å². The monoisotopic (exact) mass is 255 g/mol. The van der Waals surface area contributed by atoms with Crippen molar-refractivity contribution in [3.05, 3.63) is 11.9 Å². The first-order chi connectivity index (χ1) is 8.19. The number of nitrogens with one attached hydrogen (secondary N) is 1. The molecule has 0 radical (unpaired) electrons. The van der Waals surface area contributed by atoms with Crippen LogP contribution in [0.3, 0.4) is 0 Å². The van der Waals surface area contributed by atoms with E-state index in [1.54, 1.807) is 6.33 Å². The number of ether oxygens (including phenoxy) is 1. The minimum Gasteiger partial charge on any atom is -0.478 e. The summed E-state index contributed by atoms with van der Waals surface area (Å²) in [6.45, 7) is 7.71. The quantitative estimate of drug-likeness (QED) is 0.811. The van der Waals surface area contributed by atoms with Gasteiger partial charge < -0.3 is 10.1 Å². The lowest BCUT2D eigenvalue weighted by atomic mass is 10.3. The summed E-state index contributed by atoms with van der Waals surface area (Å²) in [7, 11) is 0. The van der Waals surface area contributed by atoms with E-state index >= 15 is 0 Å². The lowest BCUT2D eigenvalue weighted by Gasteiger charge is -2.12. The molecule has 0 bridgehead atoms. The minimum atomic E-state index is 0.626.